The summed E-state index contributed by atoms with van der Waals surface area (Å²) in [7, 11) is 2.29. The molecule has 1 aromatic rings. The molecule has 0 radical (unpaired) electrons. The number of carbonyl (C=O) groups is 3. The molecule has 1 aliphatic rings. The Hall–Kier alpha value is -2.31. The highest BCUT2D eigenvalue weighted by Gasteiger charge is 2.52. The maximum absolute atomic E-state index is 13.8. The minimum atomic E-state index is -3.71. The van der Waals surface area contributed by atoms with E-state index >= 15 is 0 Å². The molecule has 0 unspecified atom stereocenters. The van der Waals surface area contributed by atoms with Crippen LogP contribution in [0.15, 0.2) is 12.1 Å². The Labute approximate surface area is 113 Å². The van der Waals surface area contributed by atoms with Crippen molar-refractivity contribution in [1.82, 2.24) is 0 Å². The zero-order valence-corrected chi connectivity index (χ0v) is 11.0. The van der Waals surface area contributed by atoms with Crippen molar-refractivity contribution in [2.45, 2.75) is 12.8 Å². The highest BCUT2D eigenvalue weighted by Crippen LogP contribution is 2.44. The number of carbonyl (C=O) groups excluding carboxylic acids is 3. The van der Waals surface area contributed by atoms with Gasteiger partial charge in [-0.15, -0.1) is 0 Å². The highest BCUT2D eigenvalue weighted by atomic mass is 19.3. The van der Waals surface area contributed by atoms with E-state index in [-0.39, 0.29) is 16.8 Å². The van der Waals surface area contributed by atoms with Crippen LogP contribution in [0.4, 0.5) is 14.5 Å². The molecule has 0 aromatic heterocycles. The second kappa shape index (κ2) is 4.36. The Morgan fingerprint density at radius 2 is 1.85 bits per heavy atom. The Morgan fingerprint density at radius 1 is 1.25 bits per heavy atom. The van der Waals surface area contributed by atoms with Gasteiger partial charge < -0.3 is 9.64 Å². The number of esters is 1. The van der Waals surface area contributed by atoms with Gasteiger partial charge in [-0.2, -0.15) is 8.78 Å². The number of hydrogen-bond acceptors (Lipinski definition) is 4. The van der Waals surface area contributed by atoms with Crippen molar-refractivity contribution >= 4 is 23.3 Å². The van der Waals surface area contributed by atoms with Gasteiger partial charge in [-0.05, 0) is 19.1 Å². The van der Waals surface area contributed by atoms with Gasteiger partial charge >= 0.3 is 17.8 Å². The van der Waals surface area contributed by atoms with E-state index in [1.165, 1.54) is 7.05 Å². The van der Waals surface area contributed by atoms with Crippen molar-refractivity contribution in [1.29, 1.82) is 0 Å². The minimum absolute atomic E-state index is 0.106. The van der Waals surface area contributed by atoms with Crippen LogP contribution in [0.5, 0.6) is 0 Å². The molecule has 1 aromatic carbocycles. The lowest BCUT2D eigenvalue weighted by Gasteiger charge is -2.12. The van der Waals surface area contributed by atoms with E-state index in [0.717, 1.165) is 31.1 Å². The van der Waals surface area contributed by atoms with Crippen LogP contribution < -0.4 is 4.90 Å². The second-order valence-corrected chi connectivity index (χ2v) is 4.40. The maximum Gasteiger partial charge on any atom is 0.352 e. The largest absolute Gasteiger partial charge is 0.465 e. The van der Waals surface area contributed by atoms with Crippen molar-refractivity contribution in [2.75, 3.05) is 19.1 Å². The molecular formula is C13H11F2NO4. The van der Waals surface area contributed by atoms with E-state index in [9.17, 15) is 23.2 Å². The molecular weight excluding hydrogens is 272 g/mol. The van der Waals surface area contributed by atoms with Gasteiger partial charge in [0.25, 0.3) is 0 Å². The summed E-state index contributed by atoms with van der Waals surface area (Å²) in [6.07, 6.45) is 0. The lowest BCUT2D eigenvalue weighted by atomic mass is 9.98. The van der Waals surface area contributed by atoms with Crippen molar-refractivity contribution in [3.8, 4) is 0 Å². The fraction of sp³-hybridized carbons (Fsp3) is 0.308. The van der Waals surface area contributed by atoms with Crippen molar-refractivity contribution in [3.63, 3.8) is 0 Å². The van der Waals surface area contributed by atoms with Crippen LogP contribution >= 0.6 is 0 Å². The number of ether oxygens (including phenoxy) is 1. The number of alkyl halides is 2. The first kappa shape index (κ1) is 14.1. The lowest BCUT2D eigenvalue weighted by Crippen LogP contribution is -2.31. The number of Topliss-reactive ketones (excluding diaryl/α,β-unsaturated/α-hetero) is 1. The number of fused-ring (bicyclic) bond motifs is 1. The maximum atomic E-state index is 13.8. The van der Waals surface area contributed by atoms with E-state index in [1.807, 2.05) is 0 Å². The molecule has 7 heteroatoms. The topological polar surface area (TPSA) is 63.7 Å². The zero-order valence-electron chi connectivity index (χ0n) is 11.0. The molecule has 0 aliphatic carbocycles. The predicted octanol–water partition coefficient (Wildman–Crippen LogP) is 1.74. The molecule has 1 aliphatic heterocycles. The number of benzene rings is 1. The van der Waals surface area contributed by atoms with Crippen LogP contribution in [0.2, 0.25) is 0 Å². The Bertz CT molecular complexity index is 640. The quantitative estimate of drug-likeness (QED) is 0.612. The summed E-state index contributed by atoms with van der Waals surface area (Å²) in [6.45, 7) is 1.15. The van der Waals surface area contributed by atoms with Crippen molar-refractivity contribution < 1.29 is 27.9 Å². The number of nitrogens with zero attached hydrogens (tertiary/aromatic N) is 1. The predicted molar refractivity (Wildman–Crippen MR) is 65.1 cm³/mol. The standard InChI is InChI=1S/C13H11F2NO4/c1-6(17)7-4-9-10(5-8(7)11(18)20-3)16(2)12(19)13(9,14)15/h4-5H,1-3H3. The summed E-state index contributed by atoms with van der Waals surface area (Å²) < 4.78 is 32.2. The third-order valence-electron chi connectivity index (χ3n) is 3.19. The van der Waals surface area contributed by atoms with Crippen molar-refractivity contribution in [2.24, 2.45) is 0 Å². The SMILES string of the molecule is COC(=O)c1cc2c(cc1C(C)=O)C(F)(F)C(=O)N2C. The number of likely N-dealkylation sites (N-methyl/N-ethyl adjacent to an activating group) is 1. The number of halogens is 2. The fourth-order valence-corrected chi connectivity index (χ4v) is 2.12. The zero-order chi connectivity index (χ0) is 15.2. The normalized spacial score (nSPS) is 16.1. The summed E-state index contributed by atoms with van der Waals surface area (Å²) in [6, 6.07) is 1.96. The molecule has 1 heterocycles. The number of ketones is 1. The molecule has 2 rings (SSSR count). The van der Waals surface area contributed by atoms with Gasteiger partial charge in [0.15, 0.2) is 5.78 Å². The monoisotopic (exact) mass is 283 g/mol. The first-order chi connectivity index (χ1) is 9.21. The minimum Gasteiger partial charge on any atom is -0.465 e. The summed E-state index contributed by atoms with van der Waals surface area (Å²) in [4.78, 5) is 35.4. The van der Waals surface area contributed by atoms with Crippen LogP contribution in [0.1, 0.15) is 33.2 Å². The average Bonchev–Trinajstić information content (AvgIpc) is 2.58. The molecule has 5 nitrogen and oxygen atoms in total. The third-order valence-corrected chi connectivity index (χ3v) is 3.19. The summed E-state index contributed by atoms with van der Waals surface area (Å²) in [5, 5.41) is 0. The number of amides is 1. The van der Waals surface area contributed by atoms with E-state index in [2.05, 4.69) is 4.74 Å². The summed E-state index contributed by atoms with van der Waals surface area (Å²) in [5.74, 6) is -6.49. The van der Waals surface area contributed by atoms with Crippen molar-refractivity contribution in [3.05, 3.63) is 28.8 Å². The van der Waals surface area contributed by atoms with Crippen LogP contribution in [0.3, 0.4) is 0 Å². The van der Waals surface area contributed by atoms with Crippen LogP contribution in [0, 0.1) is 0 Å². The van der Waals surface area contributed by atoms with Crippen LogP contribution in [-0.2, 0) is 15.5 Å². The Balaban J connectivity index is 2.76. The molecule has 1 amide bonds. The molecule has 0 fully saturated rings. The number of rotatable bonds is 2. The molecule has 0 saturated heterocycles. The van der Waals surface area contributed by atoms with Gasteiger partial charge in [0.05, 0.1) is 23.9 Å². The van der Waals surface area contributed by atoms with E-state index in [1.54, 1.807) is 0 Å². The first-order valence-corrected chi connectivity index (χ1v) is 5.65. The van der Waals surface area contributed by atoms with Gasteiger partial charge in [-0.1, -0.05) is 0 Å². The Kier molecular flexibility index (Phi) is 3.08. The Morgan fingerprint density at radius 3 is 2.35 bits per heavy atom. The average molecular weight is 283 g/mol. The molecule has 106 valence electrons. The van der Waals surface area contributed by atoms with Gasteiger partial charge in [-0.3, -0.25) is 9.59 Å². The summed E-state index contributed by atoms with van der Waals surface area (Å²) >= 11 is 0. The molecule has 0 bridgehead atoms. The first-order valence-electron chi connectivity index (χ1n) is 5.65. The second-order valence-electron chi connectivity index (χ2n) is 4.40. The molecule has 0 spiro atoms. The molecule has 0 saturated carbocycles. The van der Waals surface area contributed by atoms with E-state index < -0.39 is 29.1 Å². The van der Waals surface area contributed by atoms with E-state index in [0.29, 0.717) is 0 Å². The van der Waals surface area contributed by atoms with Gasteiger partial charge in [0.1, 0.15) is 0 Å². The van der Waals surface area contributed by atoms with Crippen LogP contribution in [0.25, 0.3) is 0 Å². The molecule has 0 atom stereocenters. The number of hydrogen-bond donors (Lipinski definition) is 0. The van der Waals surface area contributed by atoms with Gasteiger partial charge in [0.2, 0.25) is 0 Å². The lowest BCUT2D eigenvalue weighted by molar-refractivity contribution is -0.141. The van der Waals surface area contributed by atoms with Crippen LogP contribution in [-0.4, -0.2) is 31.8 Å². The van der Waals surface area contributed by atoms with Gasteiger partial charge in [-0.25, -0.2) is 4.79 Å². The number of anilines is 1. The fourth-order valence-electron chi connectivity index (χ4n) is 2.12. The van der Waals surface area contributed by atoms with E-state index in [4.69, 9.17) is 0 Å². The smallest absolute Gasteiger partial charge is 0.352 e. The molecule has 0 N–H and O–H groups in total. The summed E-state index contributed by atoms with van der Waals surface area (Å²) in [5.41, 5.74) is -1.03. The third kappa shape index (κ3) is 1.77. The number of methoxy groups -OCH3 is 1. The molecule has 20 heavy (non-hydrogen) atoms. The van der Waals surface area contributed by atoms with Gasteiger partial charge in [0, 0.05) is 12.6 Å². The highest BCUT2D eigenvalue weighted by molar-refractivity contribution is 6.11.